The van der Waals surface area contributed by atoms with E-state index >= 15 is 0 Å². The van der Waals surface area contributed by atoms with Crippen molar-refractivity contribution in [1.82, 2.24) is 19.9 Å². The molecule has 3 rings (SSSR count). The molecule has 0 radical (unpaired) electrons. The lowest BCUT2D eigenvalue weighted by molar-refractivity contribution is 0.292. The van der Waals surface area contributed by atoms with E-state index < -0.39 is 0 Å². The molecule has 3 heterocycles. The van der Waals surface area contributed by atoms with E-state index in [1.807, 2.05) is 11.0 Å². The number of hydrogen-bond acceptors (Lipinski definition) is 7. The zero-order valence-corrected chi connectivity index (χ0v) is 15.0. The van der Waals surface area contributed by atoms with Gasteiger partial charge in [0.1, 0.15) is 6.61 Å². The van der Waals surface area contributed by atoms with Gasteiger partial charge in [-0.1, -0.05) is 5.16 Å². The van der Waals surface area contributed by atoms with Gasteiger partial charge in [0.15, 0.2) is 5.75 Å². The van der Waals surface area contributed by atoms with Crippen LogP contribution in [0, 0.1) is 0 Å². The molecule has 2 aromatic rings. The van der Waals surface area contributed by atoms with E-state index in [-0.39, 0.29) is 5.96 Å². The highest BCUT2D eigenvalue weighted by Gasteiger charge is 2.20. The summed E-state index contributed by atoms with van der Waals surface area (Å²) >= 11 is 3.44. The lowest BCUT2D eigenvalue weighted by atomic mass is 10.3. The van der Waals surface area contributed by atoms with Crippen LogP contribution in [0.15, 0.2) is 40.5 Å². The van der Waals surface area contributed by atoms with E-state index in [0.717, 1.165) is 10.0 Å². The van der Waals surface area contributed by atoms with Crippen molar-refractivity contribution in [3.05, 3.63) is 40.9 Å². The van der Waals surface area contributed by atoms with E-state index in [4.69, 9.17) is 15.7 Å². The molecule has 0 saturated carbocycles. The van der Waals surface area contributed by atoms with Gasteiger partial charge in [-0.3, -0.25) is 4.98 Å². The van der Waals surface area contributed by atoms with Gasteiger partial charge in [-0.05, 0) is 22.0 Å². The third kappa shape index (κ3) is 4.27. The van der Waals surface area contributed by atoms with Gasteiger partial charge in [0.2, 0.25) is 11.9 Å². The first kappa shape index (κ1) is 17.2. The van der Waals surface area contributed by atoms with Crippen LogP contribution >= 0.6 is 15.9 Å². The number of nitrogens with two attached hydrogens (primary N) is 1. The molecule has 1 saturated heterocycles. The van der Waals surface area contributed by atoms with Crippen LogP contribution < -0.4 is 15.4 Å². The minimum atomic E-state index is 0.131. The summed E-state index contributed by atoms with van der Waals surface area (Å²) in [5.41, 5.74) is 6.59. The molecule has 3 N–H and O–H groups in total. The number of anilines is 1. The van der Waals surface area contributed by atoms with Gasteiger partial charge in [0.25, 0.3) is 0 Å². The zero-order chi connectivity index (χ0) is 17.6. The van der Waals surface area contributed by atoms with E-state index in [2.05, 4.69) is 36.0 Å². The number of rotatable bonds is 4. The van der Waals surface area contributed by atoms with Crippen molar-refractivity contribution in [3.8, 4) is 5.75 Å². The van der Waals surface area contributed by atoms with Crippen molar-refractivity contribution < 1.29 is 9.94 Å². The van der Waals surface area contributed by atoms with Crippen molar-refractivity contribution >= 4 is 27.8 Å². The molecule has 0 aromatic carbocycles. The largest absolute Gasteiger partial charge is 0.486 e. The monoisotopic (exact) mass is 407 g/mol. The summed E-state index contributed by atoms with van der Waals surface area (Å²) in [6.07, 6.45) is 6.77. The van der Waals surface area contributed by atoms with Crippen molar-refractivity contribution in [3.63, 3.8) is 0 Å². The molecule has 25 heavy (non-hydrogen) atoms. The maximum absolute atomic E-state index is 8.71. The van der Waals surface area contributed by atoms with Crippen LogP contribution in [0.4, 0.5) is 5.95 Å². The van der Waals surface area contributed by atoms with Gasteiger partial charge < -0.3 is 25.5 Å². The fourth-order valence-electron chi connectivity index (χ4n) is 2.43. The summed E-state index contributed by atoms with van der Waals surface area (Å²) in [6.45, 7) is 3.09. The van der Waals surface area contributed by atoms with Crippen LogP contribution in [0.5, 0.6) is 5.75 Å². The van der Waals surface area contributed by atoms with Crippen LogP contribution in [0.3, 0.4) is 0 Å². The number of halogens is 1. The Morgan fingerprint density at radius 3 is 2.60 bits per heavy atom. The highest BCUT2D eigenvalue weighted by molar-refractivity contribution is 9.10. The Morgan fingerprint density at radius 2 is 1.96 bits per heavy atom. The van der Waals surface area contributed by atoms with Crippen molar-refractivity contribution in [2.45, 2.75) is 6.61 Å². The van der Waals surface area contributed by atoms with Crippen LogP contribution in [0.1, 0.15) is 5.56 Å². The number of piperazine rings is 1. The van der Waals surface area contributed by atoms with Crippen molar-refractivity contribution in [2.75, 3.05) is 31.1 Å². The molecule has 0 unspecified atom stereocenters. The van der Waals surface area contributed by atoms with Gasteiger partial charge >= 0.3 is 0 Å². The Kier molecular flexibility index (Phi) is 5.49. The average Bonchev–Trinajstić information content (AvgIpc) is 2.67. The van der Waals surface area contributed by atoms with Gasteiger partial charge in [0.05, 0.1) is 12.4 Å². The molecule has 1 aliphatic heterocycles. The molecule has 1 aliphatic rings. The van der Waals surface area contributed by atoms with Crippen LogP contribution in [0.25, 0.3) is 0 Å². The molecule has 1 fully saturated rings. The average molecular weight is 408 g/mol. The van der Waals surface area contributed by atoms with Crippen molar-refractivity contribution in [2.24, 2.45) is 10.9 Å². The minimum Gasteiger partial charge on any atom is -0.486 e. The topological polar surface area (TPSA) is 113 Å². The van der Waals surface area contributed by atoms with E-state index in [9.17, 15) is 0 Å². The SMILES string of the molecule is N/C(=N\O)N1CCN(c2ncc(OCc3ccncc3Br)cn2)CC1. The van der Waals surface area contributed by atoms with Crippen LogP contribution in [0.2, 0.25) is 0 Å². The van der Waals surface area contributed by atoms with E-state index in [0.29, 0.717) is 44.5 Å². The highest BCUT2D eigenvalue weighted by atomic mass is 79.9. The molecule has 2 aromatic heterocycles. The third-order valence-electron chi connectivity index (χ3n) is 3.85. The summed E-state index contributed by atoms with van der Waals surface area (Å²) < 4.78 is 6.61. The first-order valence-corrected chi connectivity index (χ1v) is 8.47. The summed E-state index contributed by atoms with van der Waals surface area (Å²) in [6, 6.07) is 1.89. The quantitative estimate of drug-likeness (QED) is 0.334. The minimum absolute atomic E-state index is 0.131. The molecule has 10 heteroatoms. The molecular weight excluding hydrogens is 390 g/mol. The van der Waals surface area contributed by atoms with Gasteiger partial charge in [0, 0.05) is 48.6 Å². The second-order valence-corrected chi connectivity index (χ2v) is 6.26. The van der Waals surface area contributed by atoms with Crippen molar-refractivity contribution in [1.29, 1.82) is 0 Å². The molecule has 0 bridgehead atoms. The maximum atomic E-state index is 8.71. The first-order chi connectivity index (χ1) is 12.2. The zero-order valence-electron chi connectivity index (χ0n) is 13.4. The number of aromatic nitrogens is 3. The number of hydrogen-bond donors (Lipinski definition) is 2. The summed E-state index contributed by atoms with van der Waals surface area (Å²) in [7, 11) is 0. The smallest absolute Gasteiger partial charge is 0.233 e. The molecule has 132 valence electrons. The lowest BCUT2D eigenvalue weighted by Gasteiger charge is -2.34. The maximum Gasteiger partial charge on any atom is 0.233 e. The second-order valence-electron chi connectivity index (χ2n) is 5.41. The highest BCUT2D eigenvalue weighted by Crippen LogP contribution is 2.18. The Hall–Kier alpha value is -2.62. The number of ether oxygens (including phenoxy) is 1. The standard InChI is InChI=1S/C15H18BrN7O2/c16-13-9-18-2-1-11(13)10-25-12-7-19-15(20-8-12)23-5-3-22(4-6-23)14(17)21-24/h1-2,7-9,24H,3-6,10H2,(H2,17,21). The molecule has 0 spiro atoms. The molecule has 0 aliphatic carbocycles. The van der Waals surface area contributed by atoms with E-state index in [1.165, 1.54) is 0 Å². The second kappa shape index (κ2) is 7.97. The Labute approximate surface area is 153 Å². The number of oxime groups is 1. The predicted octanol–water partition coefficient (Wildman–Crippen LogP) is 1.04. The lowest BCUT2D eigenvalue weighted by Crippen LogP contribution is -2.51. The fourth-order valence-corrected chi connectivity index (χ4v) is 2.79. The van der Waals surface area contributed by atoms with E-state index in [1.54, 1.807) is 29.7 Å². The van der Waals surface area contributed by atoms with Gasteiger partial charge in [-0.25, -0.2) is 9.97 Å². The fraction of sp³-hybridized carbons (Fsp3) is 0.333. The molecule has 0 atom stereocenters. The molecule has 9 nitrogen and oxygen atoms in total. The Bertz CT molecular complexity index is 733. The summed E-state index contributed by atoms with van der Waals surface area (Å²) in [5.74, 6) is 1.37. The van der Waals surface area contributed by atoms with Gasteiger partial charge in [-0.15, -0.1) is 0 Å². The first-order valence-electron chi connectivity index (χ1n) is 7.68. The number of guanidine groups is 1. The molecule has 0 amide bonds. The van der Waals surface area contributed by atoms with Gasteiger partial charge in [-0.2, -0.15) is 0 Å². The number of pyridine rings is 1. The normalized spacial score (nSPS) is 15.3. The Balaban J connectivity index is 1.55. The summed E-state index contributed by atoms with van der Waals surface area (Å²) in [5, 5.41) is 11.7. The summed E-state index contributed by atoms with van der Waals surface area (Å²) in [4.78, 5) is 16.6. The predicted molar refractivity (Wildman–Crippen MR) is 95.5 cm³/mol. The molecular formula is C15H18BrN7O2. The number of nitrogens with zero attached hydrogens (tertiary/aromatic N) is 6. The Morgan fingerprint density at radius 1 is 1.24 bits per heavy atom. The van der Waals surface area contributed by atoms with Crippen LogP contribution in [-0.4, -0.2) is 57.2 Å². The third-order valence-corrected chi connectivity index (χ3v) is 4.57. The van der Waals surface area contributed by atoms with Crippen LogP contribution in [-0.2, 0) is 6.61 Å².